The predicted octanol–water partition coefficient (Wildman–Crippen LogP) is 5.75. The highest BCUT2D eigenvalue weighted by molar-refractivity contribution is 8.00. The molecule has 3 rings (SSSR count). The molecule has 0 fully saturated rings. The predicted molar refractivity (Wildman–Crippen MR) is 102 cm³/mol. The Bertz CT molecular complexity index is 901. The molecule has 1 N–H and O–H groups in total. The molecular weight excluding hydrogens is 352 g/mol. The Morgan fingerprint density at radius 1 is 0.962 bits per heavy atom. The van der Waals surface area contributed by atoms with Gasteiger partial charge in [0.2, 0.25) is 5.91 Å². The average molecular weight is 369 g/mol. The standard InChI is InChI=1S/C21H17F2NOS/c1-14(26-17-10-6-3-7-11-17)21(25)24-20-18(12-16(22)13-19(20)23)15-8-4-2-5-9-15/h2-14H,1H3,(H,24,25). The van der Waals surface area contributed by atoms with E-state index < -0.39 is 16.9 Å². The second-order valence-electron chi connectivity index (χ2n) is 5.74. The van der Waals surface area contributed by atoms with Crippen LogP contribution in [-0.2, 0) is 4.79 Å². The molecule has 0 aliphatic heterocycles. The van der Waals surface area contributed by atoms with Gasteiger partial charge in [0, 0.05) is 16.5 Å². The molecule has 0 bridgehead atoms. The van der Waals surface area contributed by atoms with E-state index in [9.17, 15) is 13.6 Å². The van der Waals surface area contributed by atoms with Crippen molar-refractivity contribution in [3.05, 3.63) is 84.4 Å². The van der Waals surface area contributed by atoms with Crippen molar-refractivity contribution < 1.29 is 13.6 Å². The van der Waals surface area contributed by atoms with E-state index >= 15 is 0 Å². The van der Waals surface area contributed by atoms with Crippen LogP contribution in [0, 0.1) is 11.6 Å². The second kappa shape index (κ2) is 8.15. The van der Waals surface area contributed by atoms with E-state index in [1.54, 1.807) is 31.2 Å². The number of carbonyl (C=O) groups is 1. The Labute approximate surface area is 155 Å². The zero-order valence-electron chi connectivity index (χ0n) is 14.1. The van der Waals surface area contributed by atoms with Gasteiger partial charge in [-0.25, -0.2) is 8.78 Å². The number of benzene rings is 3. The fraction of sp³-hybridized carbons (Fsp3) is 0.0952. The van der Waals surface area contributed by atoms with Gasteiger partial charge in [0.05, 0.1) is 10.9 Å². The number of amides is 1. The minimum Gasteiger partial charge on any atom is -0.322 e. The highest BCUT2D eigenvalue weighted by Gasteiger charge is 2.20. The Morgan fingerprint density at radius 2 is 1.58 bits per heavy atom. The van der Waals surface area contributed by atoms with E-state index in [4.69, 9.17) is 0 Å². The molecule has 0 aliphatic carbocycles. The maximum absolute atomic E-state index is 14.4. The van der Waals surface area contributed by atoms with Crippen LogP contribution in [0.1, 0.15) is 6.92 Å². The van der Waals surface area contributed by atoms with E-state index in [0.29, 0.717) is 11.1 Å². The molecular formula is C21H17F2NOS. The lowest BCUT2D eigenvalue weighted by molar-refractivity contribution is -0.115. The van der Waals surface area contributed by atoms with Gasteiger partial charge in [-0.1, -0.05) is 48.5 Å². The molecule has 1 unspecified atom stereocenters. The van der Waals surface area contributed by atoms with Crippen LogP contribution >= 0.6 is 11.8 Å². The molecule has 0 heterocycles. The zero-order chi connectivity index (χ0) is 18.5. The van der Waals surface area contributed by atoms with Crippen LogP contribution in [0.2, 0.25) is 0 Å². The maximum atomic E-state index is 14.4. The van der Waals surface area contributed by atoms with Gasteiger partial charge in [-0.3, -0.25) is 4.79 Å². The molecule has 132 valence electrons. The van der Waals surface area contributed by atoms with Crippen molar-refractivity contribution in [3.8, 4) is 11.1 Å². The fourth-order valence-electron chi connectivity index (χ4n) is 2.53. The summed E-state index contributed by atoms with van der Waals surface area (Å²) in [6, 6.07) is 20.3. The third-order valence-corrected chi connectivity index (χ3v) is 4.93. The number of hydrogen-bond acceptors (Lipinski definition) is 2. The van der Waals surface area contributed by atoms with Crippen molar-refractivity contribution in [1.29, 1.82) is 0 Å². The quantitative estimate of drug-likeness (QED) is 0.580. The van der Waals surface area contributed by atoms with Crippen molar-refractivity contribution in [3.63, 3.8) is 0 Å². The number of halogens is 2. The van der Waals surface area contributed by atoms with Gasteiger partial charge in [0.1, 0.15) is 11.6 Å². The number of hydrogen-bond donors (Lipinski definition) is 1. The molecule has 5 heteroatoms. The van der Waals surface area contributed by atoms with Crippen LogP contribution < -0.4 is 5.32 Å². The first-order valence-electron chi connectivity index (χ1n) is 8.11. The zero-order valence-corrected chi connectivity index (χ0v) is 14.9. The summed E-state index contributed by atoms with van der Waals surface area (Å²) in [5.74, 6) is -1.83. The Kier molecular flexibility index (Phi) is 5.68. The molecule has 0 saturated carbocycles. The lowest BCUT2D eigenvalue weighted by atomic mass is 10.0. The summed E-state index contributed by atoms with van der Waals surface area (Å²) in [4.78, 5) is 13.5. The Hall–Kier alpha value is -2.66. The van der Waals surface area contributed by atoms with E-state index in [0.717, 1.165) is 11.0 Å². The third-order valence-electron chi connectivity index (χ3n) is 3.81. The summed E-state index contributed by atoms with van der Waals surface area (Å²) in [5, 5.41) is 2.18. The molecule has 0 saturated heterocycles. The lowest BCUT2D eigenvalue weighted by Crippen LogP contribution is -2.23. The molecule has 0 aromatic heterocycles. The minimum atomic E-state index is -0.797. The van der Waals surface area contributed by atoms with Crippen LogP contribution in [0.3, 0.4) is 0 Å². The van der Waals surface area contributed by atoms with Gasteiger partial charge in [0.15, 0.2) is 0 Å². The van der Waals surface area contributed by atoms with Gasteiger partial charge in [-0.15, -0.1) is 11.8 Å². The molecule has 3 aromatic rings. The lowest BCUT2D eigenvalue weighted by Gasteiger charge is -2.16. The van der Waals surface area contributed by atoms with E-state index in [-0.39, 0.29) is 11.6 Å². The second-order valence-corrected chi connectivity index (χ2v) is 7.15. The summed E-state index contributed by atoms with van der Waals surface area (Å²) in [6.07, 6.45) is 0. The highest BCUT2D eigenvalue weighted by atomic mass is 32.2. The molecule has 1 amide bonds. The number of anilines is 1. The fourth-order valence-corrected chi connectivity index (χ4v) is 3.42. The van der Waals surface area contributed by atoms with Crippen LogP contribution in [0.4, 0.5) is 14.5 Å². The SMILES string of the molecule is CC(Sc1ccccc1)C(=O)Nc1c(F)cc(F)cc1-c1ccccc1. The number of nitrogens with one attached hydrogen (secondary N) is 1. The summed E-state index contributed by atoms with van der Waals surface area (Å²) in [6.45, 7) is 1.75. The van der Waals surface area contributed by atoms with Crippen LogP contribution in [-0.4, -0.2) is 11.2 Å². The average Bonchev–Trinajstić information content (AvgIpc) is 2.65. The normalized spacial score (nSPS) is 11.8. The molecule has 2 nitrogen and oxygen atoms in total. The molecule has 0 aliphatic rings. The first-order valence-corrected chi connectivity index (χ1v) is 8.99. The van der Waals surface area contributed by atoms with E-state index in [1.165, 1.54) is 17.8 Å². The molecule has 0 spiro atoms. The van der Waals surface area contributed by atoms with Crippen molar-refractivity contribution >= 4 is 23.4 Å². The first kappa shape index (κ1) is 18.1. The summed E-state index contributed by atoms with van der Waals surface area (Å²) in [7, 11) is 0. The third kappa shape index (κ3) is 4.29. The van der Waals surface area contributed by atoms with Crippen molar-refractivity contribution in [2.24, 2.45) is 0 Å². The van der Waals surface area contributed by atoms with Gasteiger partial charge in [-0.2, -0.15) is 0 Å². The van der Waals surface area contributed by atoms with Gasteiger partial charge < -0.3 is 5.32 Å². The topological polar surface area (TPSA) is 29.1 Å². The van der Waals surface area contributed by atoms with E-state index in [2.05, 4.69) is 5.32 Å². The smallest absolute Gasteiger partial charge is 0.237 e. The van der Waals surface area contributed by atoms with Crippen molar-refractivity contribution in [1.82, 2.24) is 0 Å². The maximum Gasteiger partial charge on any atom is 0.237 e. The van der Waals surface area contributed by atoms with E-state index in [1.807, 2.05) is 36.4 Å². The molecule has 1 atom stereocenters. The molecule has 3 aromatic carbocycles. The summed E-state index contributed by atoms with van der Waals surface area (Å²) in [5.41, 5.74) is 0.932. The van der Waals surface area contributed by atoms with Gasteiger partial charge >= 0.3 is 0 Å². The molecule has 0 radical (unpaired) electrons. The van der Waals surface area contributed by atoms with Crippen LogP contribution in [0.5, 0.6) is 0 Å². The summed E-state index contributed by atoms with van der Waals surface area (Å²) < 4.78 is 28.1. The number of thioether (sulfide) groups is 1. The highest BCUT2D eigenvalue weighted by Crippen LogP contribution is 2.32. The number of carbonyl (C=O) groups excluding carboxylic acids is 1. The first-order chi connectivity index (χ1) is 12.5. The largest absolute Gasteiger partial charge is 0.322 e. The Morgan fingerprint density at radius 3 is 2.23 bits per heavy atom. The Balaban J connectivity index is 1.86. The van der Waals surface area contributed by atoms with Gasteiger partial charge in [0.25, 0.3) is 0 Å². The number of rotatable bonds is 5. The summed E-state index contributed by atoms with van der Waals surface area (Å²) >= 11 is 1.37. The van der Waals surface area contributed by atoms with Crippen molar-refractivity contribution in [2.75, 3.05) is 5.32 Å². The van der Waals surface area contributed by atoms with Crippen molar-refractivity contribution in [2.45, 2.75) is 17.1 Å². The van der Waals surface area contributed by atoms with Gasteiger partial charge in [-0.05, 0) is 30.7 Å². The van der Waals surface area contributed by atoms with Crippen LogP contribution in [0.15, 0.2) is 77.7 Å². The molecule has 26 heavy (non-hydrogen) atoms. The minimum absolute atomic E-state index is 0.0110. The van der Waals surface area contributed by atoms with Crippen LogP contribution in [0.25, 0.3) is 11.1 Å². The monoisotopic (exact) mass is 369 g/mol.